The molecule has 22 heavy (non-hydrogen) atoms. The number of para-hydroxylation sites is 1. The van der Waals surface area contributed by atoms with Gasteiger partial charge >= 0.3 is 0 Å². The Labute approximate surface area is 132 Å². The lowest BCUT2D eigenvalue weighted by Gasteiger charge is -2.35. The maximum absolute atomic E-state index is 12.3. The molecule has 1 aromatic carbocycles. The zero-order chi connectivity index (χ0) is 15.8. The molecule has 0 N–H and O–H groups in total. The van der Waals surface area contributed by atoms with Gasteiger partial charge in [0.05, 0.1) is 25.6 Å². The Morgan fingerprint density at radius 1 is 1.00 bits per heavy atom. The Balaban J connectivity index is 1.78. The second-order valence-corrected chi connectivity index (χ2v) is 7.23. The molecule has 1 fully saturated rings. The number of anilines is 1. The predicted molar refractivity (Wildman–Crippen MR) is 86.7 cm³/mol. The number of nitrogens with zero attached hydrogens (tertiary/aromatic N) is 2. The fourth-order valence-electron chi connectivity index (χ4n) is 2.40. The van der Waals surface area contributed by atoms with Crippen LogP contribution in [0.25, 0.3) is 0 Å². The maximum atomic E-state index is 12.3. The fourth-order valence-corrected chi connectivity index (χ4v) is 3.71. The topological polar surface area (TPSA) is 59.1 Å². The number of benzene rings is 1. The largest absolute Gasteiger partial charge is 0.382 e. The normalized spacial score (nSPS) is 16.9. The van der Waals surface area contributed by atoms with Crippen LogP contribution in [0, 0.1) is 0 Å². The molecule has 1 saturated heterocycles. The third-order valence-corrected chi connectivity index (χ3v) is 5.51. The van der Waals surface area contributed by atoms with Crippen molar-refractivity contribution in [3.63, 3.8) is 0 Å². The second-order valence-electron chi connectivity index (χ2n) is 5.14. The standard InChI is InChI=1S/C15H24N2O4S/c1-20-11-12-21-13-14-22(18,19)17-9-7-16(8-10-17)15-5-3-2-4-6-15/h2-6H,7-14H2,1H3. The SMILES string of the molecule is COCCOCCS(=O)(=O)N1CCN(c2ccccc2)CC1. The van der Waals surface area contributed by atoms with Gasteiger partial charge in [-0.3, -0.25) is 0 Å². The molecule has 0 unspecified atom stereocenters. The van der Waals surface area contributed by atoms with Crippen LogP contribution in [0.1, 0.15) is 0 Å². The monoisotopic (exact) mass is 328 g/mol. The molecule has 1 aliphatic heterocycles. The number of hydrogen-bond acceptors (Lipinski definition) is 5. The van der Waals surface area contributed by atoms with Crippen molar-refractivity contribution in [1.29, 1.82) is 0 Å². The molecule has 0 radical (unpaired) electrons. The van der Waals surface area contributed by atoms with Gasteiger partial charge in [-0.1, -0.05) is 18.2 Å². The Bertz CT molecular complexity index is 528. The lowest BCUT2D eigenvalue weighted by atomic mass is 10.2. The summed E-state index contributed by atoms with van der Waals surface area (Å²) in [7, 11) is -1.65. The number of piperazine rings is 1. The van der Waals surface area contributed by atoms with Gasteiger partial charge in [-0.15, -0.1) is 0 Å². The zero-order valence-corrected chi connectivity index (χ0v) is 13.8. The highest BCUT2D eigenvalue weighted by Crippen LogP contribution is 2.17. The van der Waals surface area contributed by atoms with Crippen molar-refractivity contribution in [3.05, 3.63) is 30.3 Å². The summed E-state index contributed by atoms with van der Waals surface area (Å²) in [4.78, 5) is 2.21. The van der Waals surface area contributed by atoms with Crippen molar-refractivity contribution >= 4 is 15.7 Å². The van der Waals surface area contributed by atoms with Crippen LogP contribution in [0.2, 0.25) is 0 Å². The molecule has 0 aliphatic carbocycles. The predicted octanol–water partition coefficient (Wildman–Crippen LogP) is 0.801. The van der Waals surface area contributed by atoms with Crippen LogP contribution >= 0.6 is 0 Å². The molecule has 1 heterocycles. The summed E-state index contributed by atoms with van der Waals surface area (Å²) in [5, 5.41) is 0. The third kappa shape index (κ3) is 4.95. The first kappa shape index (κ1) is 17.2. The highest BCUT2D eigenvalue weighted by molar-refractivity contribution is 7.89. The smallest absolute Gasteiger partial charge is 0.216 e. The molecular formula is C15H24N2O4S. The van der Waals surface area contributed by atoms with E-state index in [2.05, 4.69) is 4.90 Å². The van der Waals surface area contributed by atoms with E-state index in [0.29, 0.717) is 39.4 Å². The molecule has 0 bridgehead atoms. The molecule has 0 saturated carbocycles. The Morgan fingerprint density at radius 3 is 2.32 bits per heavy atom. The molecule has 124 valence electrons. The summed E-state index contributed by atoms with van der Waals surface area (Å²) in [6.45, 7) is 3.60. The van der Waals surface area contributed by atoms with E-state index in [9.17, 15) is 8.42 Å². The Kier molecular flexibility index (Phi) is 6.63. The van der Waals surface area contributed by atoms with Gasteiger partial charge in [-0.05, 0) is 12.1 Å². The van der Waals surface area contributed by atoms with E-state index in [4.69, 9.17) is 9.47 Å². The first-order valence-corrected chi connectivity index (χ1v) is 9.09. The summed E-state index contributed by atoms with van der Waals surface area (Å²) >= 11 is 0. The fraction of sp³-hybridized carbons (Fsp3) is 0.600. The van der Waals surface area contributed by atoms with Crippen molar-refractivity contribution in [2.75, 3.05) is 63.8 Å². The van der Waals surface area contributed by atoms with Crippen LogP contribution in [0.15, 0.2) is 30.3 Å². The average molecular weight is 328 g/mol. The number of hydrogen-bond donors (Lipinski definition) is 0. The summed E-state index contributed by atoms with van der Waals surface area (Å²) in [5.74, 6) is 0.0298. The van der Waals surface area contributed by atoms with E-state index in [1.807, 2.05) is 30.3 Å². The van der Waals surface area contributed by atoms with E-state index in [0.717, 1.165) is 5.69 Å². The first-order valence-electron chi connectivity index (χ1n) is 7.48. The van der Waals surface area contributed by atoms with Crippen LogP contribution in [0.5, 0.6) is 0 Å². The number of sulfonamides is 1. The number of methoxy groups -OCH3 is 1. The van der Waals surface area contributed by atoms with Gasteiger partial charge in [0.2, 0.25) is 10.0 Å². The summed E-state index contributed by atoms with van der Waals surface area (Å²) in [5.41, 5.74) is 1.14. The van der Waals surface area contributed by atoms with Crippen LogP contribution in [-0.2, 0) is 19.5 Å². The van der Waals surface area contributed by atoms with Gasteiger partial charge in [0, 0.05) is 39.0 Å². The van der Waals surface area contributed by atoms with Crippen molar-refractivity contribution < 1.29 is 17.9 Å². The minimum atomic E-state index is -3.24. The van der Waals surface area contributed by atoms with Gasteiger partial charge in [0.1, 0.15) is 0 Å². The lowest BCUT2D eigenvalue weighted by Crippen LogP contribution is -2.49. The molecule has 6 nitrogen and oxygen atoms in total. The minimum Gasteiger partial charge on any atom is -0.382 e. The van der Waals surface area contributed by atoms with Crippen molar-refractivity contribution in [3.8, 4) is 0 Å². The summed E-state index contributed by atoms with van der Waals surface area (Å²) in [6, 6.07) is 10.1. The molecule has 1 aromatic rings. The summed E-state index contributed by atoms with van der Waals surface area (Å²) < 4.78 is 36.2. The van der Waals surface area contributed by atoms with E-state index < -0.39 is 10.0 Å². The lowest BCUT2D eigenvalue weighted by molar-refractivity contribution is 0.0781. The molecule has 0 aromatic heterocycles. The van der Waals surface area contributed by atoms with Crippen molar-refractivity contribution in [1.82, 2.24) is 4.31 Å². The van der Waals surface area contributed by atoms with Gasteiger partial charge in [0.15, 0.2) is 0 Å². The Morgan fingerprint density at radius 2 is 1.68 bits per heavy atom. The molecular weight excluding hydrogens is 304 g/mol. The molecule has 0 amide bonds. The van der Waals surface area contributed by atoms with Crippen LogP contribution < -0.4 is 4.90 Å². The quantitative estimate of drug-likeness (QED) is 0.661. The van der Waals surface area contributed by atoms with Crippen molar-refractivity contribution in [2.45, 2.75) is 0 Å². The molecule has 0 atom stereocenters. The first-order chi connectivity index (χ1) is 10.6. The highest BCUT2D eigenvalue weighted by Gasteiger charge is 2.26. The number of rotatable bonds is 8. The van der Waals surface area contributed by atoms with Gasteiger partial charge in [-0.25, -0.2) is 8.42 Å². The van der Waals surface area contributed by atoms with Gasteiger partial charge < -0.3 is 14.4 Å². The molecule has 7 heteroatoms. The molecule has 1 aliphatic rings. The third-order valence-electron chi connectivity index (χ3n) is 3.67. The van der Waals surface area contributed by atoms with Gasteiger partial charge in [-0.2, -0.15) is 4.31 Å². The van der Waals surface area contributed by atoms with Crippen LogP contribution in [0.4, 0.5) is 5.69 Å². The van der Waals surface area contributed by atoms with Crippen molar-refractivity contribution in [2.24, 2.45) is 0 Å². The Hall–Kier alpha value is -1.15. The van der Waals surface area contributed by atoms with Crippen LogP contribution in [0.3, 0.4) is 0 Å². The number of ether oxygens (including phenoxy) is 2. The van der Waals surface area contributed by atoms with E-state index in [-0.39, 0.29) is 12.4 Å². The maximum Gasteiger partial charge on any atom is 0.216 e. The van der Waals surface area contributed by atoms with E-state index >= 15 is 0 Å². The van der Waals surface area contributed by atoms with Gasteiger partial charge in [0.25, 0.3) is 0 Å². The second kappa shape index (κ2) is 8.47. The molecule has 0 spiro atoms. The molecule has 2 rings (SSSR count). The summed E-state index contributed by atoms with van der Waals surface area (Å²) in [6.07, 6.45) is 0. The average Bonchev–Trinajstić information content (AvgIpc) is 2.55. The minimum absolute atomic E-state index is 0.0298. The van der Waals surface area contributed by atoms with E-state index in [1.165, 1.54) is 0 Å². The van der Waals surface area contributed by atoms with E-state index in [1.54, 1.807) is 11.4 Å². The zero-order valence-electron chi connectivity index (χ0n) is 13.0. The highest BCUT2D eigenvalue weighted by atomic mass is 32.2. The van der Waals surface area contributed by atoms with Crippen LogP contribution in [-0.4, -0.2) is 71.6 Å².